The van der Waals surface area contributed by atoms with Crippen molar-refractivity contribution in [3.05, 3.63) is 146 Å². The number of hydrogen-bond donors (Lipinski definition) is 0. The van der Waals surface area contributed by atoms with Crippen LogP contribution in [0.3, 0.4) is 0 Å². The minimum atomic E-state index is 0.613. The van der Waals surface area contributed by atoms with E-state index in [1.165, 1.54) is 0 Å². The lowest BCUT2D eigenvalue weighted by molar-refractivity contribution is 0.362. The molecule has 2 aromatic heterocycles. The highest BCUT2D eigenvalue weighted by molar-refractivity contribution is 6.12. The second kappa shape index (κ2) is 10.2. The Balaban J connectivity index is 1.20. The molecule has 3 heterocycles. The third-order valence-corrected chi connectivity index (χ3v) is 8.12. The van der Waals surface area contributed by atoms with Crippen molar-refractivity contribution in [3.63, 3.8) is 0 Å². The number of fused-ring (bicyclic) bond motifs is 6. The van der Waals surface area contributed by atoms with E-state index in [2.05, 4.69) is 59.2 Å². The standard InChI is InChI=1S/C39H24N4O2/c1-3-11-25(12-4-1)37-40-38(26-13-5-2-6-14-26)42-39(41-37)27-19-21-28(22-20-27)43-31-16-8-7-15-29(31)30-23-24-34-36(35(30)43)45-33-18-10-9-17-32(33)44-34/h1-24H. The molecule has 45 heavy (non-hydrogen) atoms. The molecule has 0 atom stereocenters. The van der Waals surface area contributed by atoms with Crippen molar-refractivity contribution in [2.45, 2.75) is 0 Å². The third-order valence-electron chi connectivity index (χ3n) is 8.12. The average molecular weight is 581 g/mol. The molecule has 1 aliphatic rings. The normalized spacial score (nSPS) is 11.9. The molecule has 0 unspecified atom stereocenters. The molecule has 0 saturated carbocycles. The molecular weight excluding hydrogens is 556 g/mol. The van der Waals surface area contributed by atoms with Crippen LogP contribution in [0.25, 0.3) is 61.7 Å². The summed E-state index contributed by atoms with van der Waals surface area (Å²) in [5.41, 5.74) is 5.79. The molecule has 212 valence electrons. The first-order valence-corrected chi connectivity index (χ1v) is 14.8. The average Bonchev–Trinajstić information content (AvgIpc) is 3.46. The summed E-state index contributed by atoms with van der Waals surface area (Å²) >= 11 is 0. The predicted octanol–water partition coefficient (Wildman–Crippen LogP) is 9.87. The van der Waals surface area contributed by atoms with Crippen molar-refractivity contribution < 1.29 is 9.47 Å². The van der Waals surface area contributed by atoms with Crippen molar-refractivity contribution in [1.29, 1.82) is 0 Å². The Morgan fingerprint density at radius 3 is 1.58 bits per heavy atom. The van der Waals surface area contributed by atoms with Gasteiger partial charge in [0.2, 0.25) is 0 Å². The van der Waals surface area contributed by atoms with Gasteiger partial charge in [0.15, 0.2) is 40.5 Å². The van der Waals surface area contributed by atoms with E-state index in [1.54, 1.807) is 0 Å². The van der Waals surface area contributed by atoms with Gasteiger partial charge >= 0.3 is 0 Å². The molecule has 6 heteroatoms. The van der Waals surface area contributed by atoms with Gasteiger partial charge in [0.1, 0.15) is 5.52 Å². The Labute approximate surface area is 258 Å². The number of hydrogen-bond acceptors (Lipinski definition) is 5. The molecule has 0 N–H and O–H groups in total. The van der Waals surface area contributed by atoms with Gasteiger partial charge in [-0.1, -0.05) is 91.0 Å². The van der Waals surface area contributed by atoms with E-state index in [0.29, 0.717) is 40.5 Å². The van der Waals surface area contributed by atoms with Crippen LogP contribution in [0.1, 0.15) is 0 Å². The van der Waals surface area contributed by atoms with Gasteiger partial charge in [-0.15, -0.1) is 0 Å². The first kappa shape index (κ1) is 25.2. The lowest BCUT2D eigenvalue weighted by Crippen LogP contribution is -2.02. The maximum absolute atomic E-state index is 6.51. The molecule has 0 bridgehead atoms. The molecule has 0 fully saturated rings. The third kappa shape index (κ3) is 4.23. The van der Waals surface area contributed by atoms with Gasteiger partial charge in [-0.3, -0.25) is 0 Å². The van der Waals surface area contributed by atoms with E-state index in [4.69, 9.17) is 24.4 Å². The fraction of sp³-hybridized carbons (Fsp3) is 0. The summed E-state index contributed by atoms with van der Waals surface area (Å²) in [6.07, 6.45) is 0. The van der Waals surface area contributed by atoms with Crippen molar-refractivity contribution in [2.75, 3.05) is 0 Å². The molecule has 6 nitrogen and oxygen atoms in total. The zero-order valence-corrected chi connectivity index (χ0v) is 24.0. The van der Waals surface area contributed by atoms with Gasteiger partial charge < -0.3 is 14.0 Å². The molecule has 8 aromatic rings. The van der Waals surface area contributed by atoms with Crippen LogP contribution >= 0.6 is 0 Å². The minimum Gasteiger partial charge on any atom is -0.449 e. The van der Waals surface area contributed by atoms with Gasteiger partial charge in [0, 0.05) is 33.2 Å². The van der Waals surface area contributed by atoms with Crippen LogP contribution in [-0.4, -0.2) is 19.5 Å². The fourth-order valence-electron chi connectivity index (χ4n) is 6.00. The Morgan fingerprint density at radius 1 is 0.400 bits per heavy atom. The highest BCUT2D eigenvalue weighted by Gasteiger charge is 2.25. The van der Waals surface area contributed by atoms with Crippen molar-refractivity contribution >= 4 is 21.8 Å². The molecule has 0 aliphatic carbocycles. The quantitative estimate of drug-likeness (QED) is 0.207. The molecule has 1 aliphatic heterocycles. The summed E-state index contributed by atoms with van der Waals surface area (Å²) in [4.78, 5) is 14.6. The van der Waals surface area contributed by atoms with Gasteiger partial charge in [0.05, 0.1) is 5.52 Å². The molecule has 6 aromatic carbocycles. The second-order valence-corrected chi connectivity index (χ2v) is 10.9. The van der Waals surface area contributed by atoms with E-state index in [0.717, 1.165) is 44.2 Å². The summed E-state index contributed by atoms with van der Waals surface area (Å²) in [6.45, 7) is 0. The van der Waals surface area contributed by atoms with Crippen LogP contribution < -0.4 is 9.47 Å². The Hall–Kier alpha value is -6.27. The van der Waals surface area contributed by atoms with Crippen molar-refractivity contribution in [1.82, 2.24) is 19.5 Å². The van der Waals surface area contributed by atoms with Gasteiger partial charge in [0.25, 0.3) is 0 Å². The number of rotatable bonds is 4. The van der Waals surface area contributed by atoms with Crippen molar-refractivity contribution in [2.24, 2.45) is 0 Å². The summed E-state index contributed by atoms with van der Waals surface area (Å²) in [6, 6.07) is 48.6. The molecular formula is C39H24N4O2. The molecule has 0 spiro atoms. The van der Waals surface area contributed by atoms with Crippen LogP contribution in [0.5, 0.6) is 23.0 Å². The predicted molar refractivity (Wildman–Crippen MR) is 177 cm³/mol. The second-order valence-electron chi connectivity index (χ2n) is 10.9. The largest absolute Gasteiger partial charge is 0.449 e. The first-order valence-electron chi connectivity index (χ1n) is 14.8. The van der Waals surface area contributed by atoms with E-state index in [1.807, 2.05) is 91.0 Å². The Kier molecular flexibility index (Phi) is 5.71. The fourth-order valence-corrected chi connectivity index (χ4v) is 6.00. The van der Waals surface area contributed by atoms with Crippen LogP contribution in [0.4, 0.5) is 0 Å². The number of ether oxygens (including phenoxy) is 2. The van der Waals surface area contributed by atoms with E-state index in [9.17, 15) is 0 Å². The van der Waals surface area contributed by atoms with Crippen LogP contribution in [0.15, 0.2) is 146 Å². The topological polar surface area (TPSA) is 62.1 Å². The summed E-state index contributed by atoms with van der Waals surface area (Å²) in [5, 5.41) is 2.23. The number of benzene rings is 6. The van der Waals surface area contributed by atoms with Crippen LogP contribution in [0.2, 0.25) is 0 Å². The van der Waals surface area contributed by atoms with Gasteiger partial charge in [-0.25, -0.2) is 15.0 Å². The zero-order chi connectivity index (χ0) is 29.7. The minimum absolute atomic E-state index is 0.613. The monoisotopic (exact) mass is 580 g/mol. The van der Waals surface area contributed by atoms with Gasteiger partial charge in [-0.05, 0) is 54.6 Å². The summed E-state index contributed by atoms with van der Waals surface area (Å²) < 4.78 is 15.0. The SMILES string of the molecule is c1ccc(-c2nc(-c3ccccc3)nc(-c3ccc(-n4c5ccccc5c5ccc6c(c54)Oc4ccccc4O6)cc3)n2)cc1. The maximum atomic E-state index is 6.51. The molecule has 0 radical (unpaired) electrons. The number of aromatic nitrogens is 4. The van der Waals surface area contributed by atoms with E-state index < -0.39 is 0 Å². The van der Waals surface area contributed by atoms with E-state index in [-0.39, 0.29) is 0 Å². The number of nitrogens with zero attached hydrogens (tertiary/aromatic N) is 4. The Morgan fingerprint density at radius 2 is 0.933 bits per heavy atom. The molecule has 0 saturated heterocycles. The molecule has 0 amide bonds. The number of para-hydroxylation sites is 3. The van der Waals surface area contributed by atoms with Crippen LogP contribution in [0, 0.1) is 0 Å². The van der Waals surface area contributed by atoms with Gasteiger partial charge in [-0.2, -0.15) is 0 Å². The summed E-state index contributed by atoms with van der Waals surface area (Å²) in [5.74, 6) is 4.67. The first-order chi connectivity index (χ1) is 22.3. The highest BCUT2D eigenvalue weighted by atomic mass is 16.6. The lowest BCUT2D eigenvalue weighted by Gasteiger charge is -2.22. The Bertz CT molecular complexity index is 2310. The van der Waals surface area contributed by atoms with Crippen LogP contribution in [-0.2, 0) is 0 Å². The molecule has 9 rings (SSSR count). The van der Waals surface area contributed by atoms with Crippen molar-refractivity contribution in [3.8, 4) is 62.8 Å². The summed E-state index contributed by atoms with van der Waals surface area (Å²) in [7, 11) is 0. The maximum Gasteiger partial charge on any atom is 0.194 e. The van der Waals surface area contributed by atoms with E-state index >= 15 is 0 Å². The zero-order valence-electron chi connectivity index (χ0n) is 24.0. The lowest BCUT2D eigenvalue weighted by atomic mass is 10.1. The smallest absolute Gasteiger partial charge is 0.194 e. The highest BCUT2D eigenvalue weighted by Crippen LogP contribution is 2.50.